The topological polar surface area (TPSA) is 77.5 Å². The summed E-state index contributed by atoms with van der Waals surface area (Å²) in [6, 6.07) is 20.2. The standard InChI is InChI=1S/C29H27BrN2O6S/c1-4-37-26-16-20(7-14-25(26)38-18-19-5-8-21(30)9-6-19)15-24-28(34)32(22-10-12-23(35-2)13-11-22)29(39)31(24)17-27(33)36-3/h5-16H,4,17-18H2,1-3H3/b24-15-. The Morgan fingerprint density at radius 3 is 2.33 bits per heavy atom. The molecule has 8 nitrogen and oxygen atoms in total. The summed E-state index contributed by atoms with van der Waals surface area (Å²) in [6.07, 6.45) is 1.67. The highest BCUT2D eigenvalue weighted by molar-refractivity contribution is 9.10. The molecule has 0 saturated carbocycles. The molecule has 3 aromatic rings. The largest absolute Gasteiger partial charge is 0.497 e. The Kier molecular flexibility index (Phi) is 9.21. The van der Waals surface area contributed by atoms with E-state index in [1.165, 1.54) is 16.9 Å². The second-order valence-electron chi connectivity index (χ2n) is 8.37. The number of hydrogen-bond donors (Lipinski definition) is 0. The van der Waals surface area contributed by atoms with Gasteiger partial charge in [0.1, 0.15) is 24.6 Å². The molecule has 0 radical (unpaired) electrons. The van der Waals surface area contributed by atoms with Gasteiger partial charge in [0.05, 0.1) is 26.5 Å². The smallest absolute Gasteiger partial charge is 0.325 e. The Hall–Kier alpha value is -3.89. The van der Waals surface area contributed by atoms with E-state index in [4.69, 9.17) is 31.2 Å². The second kappa shape index (κ2) is 12.8. The molecule has 39 heavy (non-hydrogen) atoms. The highest BCUT2D eigenvalue weighted by Gasteiger charge is 2.40. The predicted molar refractivity (Wildman–Crippen MR) is 156 cm³/mol. The summed E-state index contributed by atoms with van der Waals surface area (Å²) in [6.45, 7) is 2.46. The Labute approximate surface area is 240 Å². The molecule has 10 heteroatoms. The van der Waals surface area contributed by atoms with Gasteiger partial charge in [-0.3, -0.25) is 14.5 Å². The van der Waals surface area contributed by atoms with Crippen LogP contribution in [0.2, 0.25) is 0 Å². The Morgan fingerprint density at radius 2 is 1.69 bits per heavy atom. The second-order valence-corrected chi connectivity index (χ2v) is 9.65. The molecule has 0 atom stereocenters. The number of amides is 1. The monoisotopic (exact) mass is 610 g/mol. The Bertz CT molecular complexity index is 1390. The van der Waals surface area contributed by atoms with E-state index in [-0.39, 0.29) is 23.3 Å². The third kappa shape index (κ3) is 6.58. The van der Waals surface area contributed by atoms with Crippen LogP contribution in [0, 0.1) is 0 Å². The number of methoxy groups -OCH3 is 2. The van der Waals surface area contributed by atoms with Crippen LogP contribution in [0.15, 0.2) is 76.9 Å². The molecule has 1 amide bonds. The molecular weight excluding hydrogens is 584 g/mol. The van der Waals surface area contributed by atoms with Crippen LogP contribution in [0.4, 0.5) is 5.69 Å². The molecule has 202 valence electrons. The summed E-state index contributed by atoms with van der Waals surface area (Å²) < 4.78 is 22.9. The number of halogens is 1. The molecule has 1 aliphatic heterocycles. The van der Waals surface area contributed by atoms with Crippen LogP contribution in [0.3, 0.4) is 0 Å². The molecule has 0 bridgehead atoms. The summed E-state index contributed by atoms with van der Waals surface area (Å²) in [5.74, 6) is 0.844. The minimum Gasteiger partial charge on any atom is -0.497 e. The zero-order valence-electron chi connectivity index (χ0n) is 21.7. The maximum absolute atomic E-state index is 13.6. The van der Waals surface area contributed by atoms with Crippen molar-refractivity contribution in [1.29, 1.82) is 0 Å². The lowest BCUT2D eigenvalue weighted by molar-refractivity contribution is -0.140. The van der Waals surface area contributed by atoms with Crippen LogP contribution < -0.4 is 19.1 Å². The molecule has 3 aromatic carbocycles. The van der Waals surface area contributed by atoms with Gasteiger partial charge in [-0.2, -0.15) is 0 Å². The van der Waals surface area contributed by atoms with Gasteiger partial charge >= 0.3 is 5.97 Å². The van der Waals surface area contributed by atoms with Gasteiger partial charge in [0.25, 0.3) is 5.91 Å². The van der Waals surface area contributed by atoms with E-state index < -0.39 is 5.97 Å². The fourth-order valence-corrected chi connectivity index (χ4v) is 4.50. The first-order chi connectivity index (χ1) is 18.8. The first-order valence-electron chi connectivity index (χ1n) is 12.1. The van der Waals surface area contributed by atoms with E-state index in [1.807, 2.05) is 37.3 Å². The van der Waals surface area contributed by atoms with Gasteiger partial charge in [0.2, 0.25) is 0 Å². The number of thiocarbonyl (C=S) groups is 1. The normalized spacial score (nSPS) is 14.1. The number of benzene rings is 3. The Balaban J connectivity index is 1.65. The van der Waals surface area contributed by atoms with Gasteiger partial charge < -0.3 is 23.8 Å². The molecule has 1 aliphatic rings. The number of nitrogens with zero attached hydrogens (tertiary/aromatic N) is 2. The number of rotatable bonds is 10. The molecule has 4 rings (SSSR count). The number of ether oxygens (including phenoxy) is 4. The van der Waals surface area contributed by atoms with E-state index in [2.05, 4.69) is 15.9 Å². The zero-order chi connectivity index (χ0) is 27.9. The van der Waals surface area contributed by atoms with Crippen LogP contribution in [0.5, 0.6) is 17.2 Å². The maximum Gasteiger partial charge on any atom is 0.325 e. The van der Waals surface area contributed by atoms with Crippen LogP contribution >= 0.6 is 28.1 Å². The fraction of sp³-hybridized carbons (Fsp3) is 0.207. The number of esters is 1. The third-order valence-electron chi connectivity index (χ3n) is 5.86. The van der Waals surface area contributed by atoms with Crippen LogP contribution in [-0.2, 0) is 20.9 Å². The molecular formula is C29H27BrN2O6S. The van der Waals surface area contributed by atoms with Gasteiger partial charge in [-0.05, 0) is 84.9 Å². The van der Waals surface area contributed by atoms with Crippen molar-refractivity contribution in [2.45, 2.75) is 13.5 Å². The number of anilines is 1. The van der Waals surface area contributed by atoms with E-state index in [9.17, 15) is 9.59 Å². The number of hydrogen-bond acceptors (Lipinski definition) is 7. The fourth-order valence-electron chi connectivity index (χ4n) is 3.89. The van der Waals surface area contributed by atoms with Crippen molar-refractivity contribution in [1.82, 2.24) is 4.90 Å². The van der Waals surface area contributed by atoms with Crippen molar-refractivity contribution in [2.24, 2.45) is 0 Å². The molecule has 0 N–H and O–H groups in total. The van der Waals surface area contributed by atoms with Gasteiger partial charge in [0.15, 0.2) is 16.6 Å². The summed E-state index contributed by atoms with van der Waals surface area (Å²) in [5, 5.41) is 0.168. The SMILES string of the molecule is CCOc1cc(/C=C2/C(=O)N(c3ccc(OC)cc3)C(=S)N2CC(=O)OC)ccc1OCc1ccc(Br)cc1. The van der Waals surface area contributed by atoms with Crippen molar-refractivity contribution in [3.63, 3.8) is 0 Å². The molecule has 0 unspecified atom stereocenters. The van der Waals surface area contributed by atoms with Crippen molar-refractivity contribution in [3.05, 3.63) is 88.0 Å². The lowest BCUT2D eigenvalue weighted by Crippen LogP contribution is -2.35. The van der Waals surface area contributed by atoms with Crippen molar-refractivity contribution in [2.75, 3.05) is 32.3 Å². The molecule has 0 spiro atoms. The highest BCUT2D eigenvalue weighted by Crippen LogP contribution is 2.33. The molecule has 1 saturated heterocycles. The first-order valence-corrected chi connectivity index (χ1v) is 13.3. The van der Waals surface area contributed by atoms with Gasteiger partial charge in [-0.1, -0.05) is 34.1 Å². The molecule has 1 fully saturated rings. The van der Waals surface area contributed by atoms with Gasteiger partial charge in [-0.25, -0.2) is 0 Å². The van der Waals surface area contributed by atoms with Crippen LogP contribution in [0.25, 0.3) is 6.08 Å². The van der Waals surface area contributed by atoms with Crippen LogP contribution in [0.1, 0.15) is 18.1 Å². The highest BCUT2D eigenvalue weighted by atomic mass is 79.9. The van der Waals surface area contributed by atoms with Gasteiger partial charge in [-0.15, -0.1) is 0 Å². The van der Waals surface area contributed by atoms with Crippen molar-refractivity contribution < 1.29 is 28.5 Å². The number of carbonyl (C=O) groups is 2. The third-order valence-corrected chi connectivity index (χ3v) is 6.79. The predicted octanol–water partition coefficient (Wildman–Crippen LogP) is 5.58. The molecule has 0 aromatic heterocycles. The van der Waals surface area contributed by atoms with Crippen molar-refractivity contribution >= 4 is 56.9 Å². The average Bonchev–Trinajstić information content (AvgIpc) is 3.17. The molecule has 1 heterocycles. The Morgan fingerprint density at radius 1 is 0.974 bits per heavy atom. The lowest BCUT2D eigenvalue weighted by atomic mass is 10.1. The average molecular weight is 612 g/mol. The van der Waals surface area contributed by atoms with Gasteiger partial charge in [0, 0.05) is 4.47 Å². The van der Waals surface area contributed by atoms with Crippen molar-refractivity contribution in [3.8, 4) is 17.2 Å². The van der Waals surface area contributed by atoms with E-state index in [0.717, 1.165) is 10.0 Å². The minimum atomic E-state index is -0.528. The first kappa shape index (κ1) is 28.1. The zero-order valence-corrected chi connectivity index (χ0v) is 24.1. The maximum atomic E-state index is 13.6. The quantitative estimate of drug-likeness (QED) is 0.167. The van der Waals surface area contributed by atoms with E-state index >= 15 is 0 Å². The lowest BCUT2D eigenvalue weighted by Gasteiger charge is -2.19. The summed E-state index contributed by atoms with van der Waals surface area (Å²) >= 11 is 9.06. The van der Waals surface area contributed by atoms with E-state index in [0.29, 0.717) is 41.7 Å². The van der Waals surface area contributed by atoms with E-state index in [1.54, 1.807) is 49.6 Å². The summed E-state index contributed by atoms with van der Waals surface area (Å²) in [5.41, 5.74) is 2.46. The number of carbonyl (C=O) groups excluding carboxylic acids is 2. The van der Waals surface area contributed by atoms with Crippen LogP contribution in [-0.4, -0.2) is 49.3 Å². The minimum absolute atomic E-state index is 0.168. The summed E-state index contributed by atoms with van der Waals surface area (Å²) in [7, 11) is 2.85. The molecule has 0 aliphatic carbocycles. The summed E-state index contributed by atoms with van der Waals surface area (Å²) in [4.78, 5) is 28.6.